The molecular weight excluding hydrogens is 220 g/mol. The molecule has 0 atom stereocenters. The van der Waals surface area contributed by atoms with E-state index in [9.17, 15) is 4.79 Å². The minimum Gasteiger partial charge on any atom is -0.393 e. The van der Waals surface area contributed by atoms with Gasteiger partial charge in [0.15, 0.2) is 0 Å². The fourth-order valence-electron chi connectivity index (χ4n) is 2.26. The van der Waals surface area contributed by atoms with Crippen molar-refractivity contribution in [2.24, 2.45) is 17.1 Å². The molecular formula is C12H22N2OS. The minimum absolute atomic E-state index is 0.0832. The van der Waals surface area contributed by atoms with Crippen molar-refractivity contribution in [1.82, 2.24) is 4.90 Å². The third kappa shape index (κ3) is 3.74. The van der Waals surface area contributed by atoms with Crippen LogP contribution in [0, 0.1) is 11.3 Å². The SMILES string of the molecule is CC(C)(C)C1CCN(C(=O)CC(N)=S)CC1. The van der Waals surface area contributed by atoms with Crippen LogP contribution in [0.3, 0.4) is 0 Å². The van der Waals surface area contributed by atoms with Gasteiger partial charge >= 0.3 is 0 Å². The normalized spacial score (nSPS) is 18.6. The maximum absolute atomic E-state index is 11.7. The fourth-order valence-corrected chi connectivity index (χ4v) is 2.38. The summed E-state index contributed by atoms with van der Waals surface area (Å²) in [5.41, 5.74) is 5.73. The molecule has 1 rings (SSSR count). The van der Waals surface area contributed by atoms with Gasteiger partial charge in [-0.2, -0.15) is 0 Å². The number of rotatable bonds is 2. The lowest BCUT2D eigenvalue weighted by atomic mass is 9.75. The molecule has 92 valence electrons. The number of amides is 1. The number of nitrogens with two attached hydrogens (primary N) is 1. The Hall–Kier alpha value is -0.640. The van der Waals surface area contributed by atoms with E-state index in [1.54, 1.807) is 0 Å². The maximum Gasteiger partial charge on any atom is 0.229 e. The average Bonchev–Trinajstić information content (AvgIpc) is 2.15. The third-order valence-corrected chi connectivity index (χ3v) is 3.54. The Labute approximate surface area is 103 Å². The Balaban J connectivity index is 2.43. The summed E-state index contributed by atoms with van der Waals surface area (Å²) in [7, 11) is 0. The molecule has 0 aromatic heterocycles. The molecule has 0 spiro atoms. The second-order valence-electron chi connectivity index (χ2n) is 5.66. The summed E-state index contributed by atoms with van der Waals surface area (Å²) in [4.78, 5) is 13.9. The molecule has 1 amide bonds. The van der Waals surface area contributed by atoms with Gasteiger partial charge < -0.3 is 10.6 Å². The van der Waals surface area contributed by atoms with E-state index in [1.807, 2.05) is 4.90 Å². The van der Waals surface area contributed by atoms with Gasteiger partial charge in [-0.3, -0.25) is 4.79 Å². The van der Waals surface area contributed by atoms with Crippen molar-refractivity contribution in [2.75, 3.05) is 13.1 Å². The predicted molar refractivity (Wildman–Crippen MR) is 70.2 cm³/mol. The Morgan fingerprint density at radius 2 is 1.88 bits per heavy atom. The zero-order chi connectivity index (χ0) is 12.3. The molecule has 0 aromatic carbocycles. The zero-order valence-corrected chi connectivity index (χ0v) is 11.3. The van der Waals surface area contributed by atoms with Crippen molar-refractivity contribution in [3.63, 3.8) is 0 Å². The van der Waals surface area contributed by atoms with Gasteiger partial charge in [0.05, 0.1) is 11.4 Å². The molecule has 4 heteroatoms. The summed E-state index contributed by atoms with van der Waals surface area (Å²) >= 11 is 4.75. The first-order valence-electron chi connectivity index (χ1n) is 5.87. The third-order valence-electron chi connectivity index (χ3n) is 3.40. The summed E-state index contributed by atoms with van der Waals surface area (Å²) < 4.78 is 0. The summed E-state index contributed by atoms with van der Waals surface area (Å²) in [5.74, 6) is 0.793. The van der Waals surface area contributed by atoms with Crippen molar-refractivity contribution < 1.29 is 4.79 Å². The van der Waals surface area contributed by atoms with Crippen LogP contribution in [-0.2, 0) is 4.79 Å². The van der Waals surface area contributed by atoms with Gasteiger partial charge in [0, 0.05) is 13.1 Å². The van der Waals surface area contributed by atoms with Crippen LogP contribution in [0.25, 0.3) is 0 Å². The number of likely N-dealkylation sites (tertiary alicyclic amines) is 1. The van der Waals surface area contributed by atoms with Crippen molar-refractivity contribution in [3.05, 3.63) is 0 Å². The Morgan fingerprint density at radius 1 is 1.38 bits per heavy atom. The van der Waals surface area contributed by atoms with Crippen molar-refractivity contribution in [3.8, 4) is 0 Å². The fraction of sp³-hybridized carbons (Fsp3) is 0.833. The van der Waals surface area contributed by atoms with Crippen molar-refractivity contribution in [2.45, 2.75) is 40.0 Å². The molecule has 0 aromatic rings. The van der Waals surface area contributed by atoms with Crippen LogP contribution < -0.4 is 5.73 Å². The number of nitrogens with zero attached hydrogens (tertiary/aromatic N) is 1. The second kappa shape index (κ2) is 5.13. The Kier molecular flexibility index (Phi) is 4.30. The molecule has 0 bridgehead atoms. The standard InChI is InChI=1S/C12H22N2OS/c1-12(2,3)9-4-6-14(7-5-9)11(15)8-10(13)16/h9H,4-8H2,1-3H3,(H2,13,16). The minimum atomic E-state index is 0.0832. The topological polar surface area (TPSA) is 46.3 Å². The number of hydrogen-bond acceptors (Lipinski definition) is 2. The number of hydrogen-bond donors (Lipinski definition) is 1. The highest BCUT2D eigenvalue weighted by Gasteiger charge is 2.30. The van der Waals surface area contributed by atoms with Crippen LogP contribution in [-0.4, -0.2) is 28.9 Å². The smallest absolute Gasteiger partial charge is 0.229 e. The summed E-state index contributed by atoms with van der Waals surface area (Å²) in [5, 5.41) is 0. The lowest BCUT2D eigenvalue weighted by Crippen LogP contribution is -2.42. The summed E-state index contributed by atoms with van der Waals surface area (Å²) in [6, 6.07) is 0. The van der Waals surface area contributed by atoms with Gasteiger partial charge in [-0.1, -0.05) is 33.0 Å². The molecule has 1 aliphatic heterocycles. The molecule has 16 heavy (non-hydrogen) atoms. The first kappa shape index (κ1) is 13.4. The molecule has 1 fully saturated rings. The average molecular weight is 242 g/mol. The zero-order valence-electron chi connectivity index (χ0n) is 10.5. The predicted octanol–water partition coefficient (Wildman–Crippen LogP) is 1.95. The molecule has 0 saturated carbocycles. The summed E-state index contributed by atoms with van der Waals surface area (Å²) in [6.07, 6.45) is 2.40. The highest BCUT2D eigenvalue weighted by molar-refractivity contribution is 7.80. The monoisotopic (exact) mass is 242 g/mol. The van der Waals surface area contributed by atoms with Gasteiger partial charge in [0.1, 0.15) is 0 Å². The van der Waals surface area contributed by atoms with Gasteiger partial charge in [0.25, 0.3) is 0 Å². The van der Waals surface area contributed by atoms with E-state index in [0.717, 1.165) is 25.9 Å². The van der Waals surface area contributed by atoms with Gasteiger partial charge in [-0.05, 0) is 24.2 Å². The Bertz CT molecular complexity index is 275. The van der Waals surface area contributed by atoms with E-state index < -0.39 is 0 Å². The lowest BCUT2D eigenvalue weighted by Gasteiger charge is -2.38. The first-order valence-corrected chi connectivity index (χ1v) is 6.27. The van der Waals surface area contributed by atoms with Crippen LogP contribution in [0.2, 0.25) is 0 Å². The molecule has 3 nitrogen and oxygen atoms in total. The van der Waals surface area contributed by atoms with Crippen LogP contribution in [0.4, 0.5) is 0 Å². The van der Waals surface area contributed by atoms with Gasteiger partial charge in [0.2, 0.25) is 5.91 Å². The van der Waals surface area contributed by atoms with E-state index in [0.29, 0.717) is 16.3 Å². The quantitative estimate of drug-likeness (QED) is 0.753. The van der Waals surface area contributed by atoms with Gasteiger partial charge in [-0.15, -0.1) is 0 Å². The van der Waals surface area contributed by atoms with Crippen LogP contribution in [0.15, 0.2) is 0 Å². The van der Waals surface area contributed by atoms with E-state index in [-0.39, 0.29) is 12.3 Å². The van der Waals surface area contributed by atoms with Crippen molar-refractivity contribution in [1.29, 1.82) is 0 Å². The molecule has 1 aliphatic rings. The van der Waals surface area contributed by atoms with Crippen molar-refractivity contribution >= 4 is 23.1 Å². The molecule has 1 saturated heterocycles. The van der Waals surface area contributed by atoms with E-state index in [1.165, 1.54) is 0 Å². The van der Waals surface area contributed by atoms with E-state index in [4.69, 9.17) is 18.0 Å². The van der Waals surface area contributed by atoms with Crippen LogP contribution in [0.1, 0.15) is 40.0 Å². The molecule has 0 radical (unpaired) electrons. The highest BCUT2D eigenvalue weighted by Crippen LogP contribution is 2.34. The highest BCUT2D eigenvalue weighted by atomic mass is 32.1. The van der Waals surface area contributed by atoms with Gasteiger partial charge in [-0.25, -0.2) is 0 Å². The lowest BCUT2D eigenvalue weighted by molar-refractivity contribution is -0.131. The molecule has 0 unspecified atom stereocenters. The number of carbonyl (C=O) groups is 1. The van der Waals surface area contributed by atoms with E-state index in [2.05, 4.69) is 20.8 Å². The number of carbonyl (C=O) groups excluding carboxylic acids is 1. The molecule has 2 N–H and O–H groups in total. The number of piperidine rings is 1. The van der Waals surface area contributed by atoms with E-state index >= 15 is 0 Å². The van der Waals surface area contributed by atoms with Crippen LogP contribution >= 0.6 is 12.2 Å². The Morgan fingerprint density at radius 3 is 2.25 bits per heavy atom. The van der Waals surface area contributed by atoms with Crippen LogP contribution in [0.5, 0.6) is 0 Å². The molecule has 1 heterocycles. The second-order valence-corrected chi connectivity index (χ2v) is 6.19. The largest absolute Gasteiger partial charge is 0.393 e. The summed E-state index contributed by atoms with van der Waals surface area (Å²) in [6.45, 7) is 8.51. The first-order chi connectivity index (χ1) is 7.30. The molecule has 0 aliphatic carbocycles. The maximum atomic E-state index is 11.7. The number of thiocarbonyl (C=S) groups is 1.